The molecule has 1 spiro atoms. The fourth-order valence-corrected chi connectivity index (χ4v) is 6.51. The van der Waals surface area contributed by atoms with Crippen molar-refractivity contribution >= 4 is 34.3 Å². The van der Waals surface area contributed by atoms with Gasteiger partial charge in [-0.1, -0.05) is 48.5 Å². The molecule has 0 saturated carbocycles. The lowest BCUT2D eigenvalue weighted by atomic mass is 9.85. The van der Waals surface area contributed by atoms with Gasteiger partial charge in [-0.3, -0.25) is 19.5 Å². The monoisotopic (exact) mass is 579 g/mol. The minimum absolute atomic E-state index is 0.0614. The van der Waals surface area contributed by atoms with Crippen molar-refractivity contribution in [3.8, 4) is 0 Å². The van der Waals surface area contributed by atoms with Gasteiger partial charge in [-0.25, -0.2) is 0 Å². The number of H-pyrrole nitrogens is 1. The van der Waals surface area contributed by atoms with Crippen LogP contribution < -0.4 is 16.0 Å². The minimum Gasteiger partial charge on any atom is -0.368 e. The number of nitrogens with two attached hydrogens (primary N) is 1. The maximum Gasteiger partial charge on any atom is 0.253 e. The number of aromatic nitrogens is 2. The average molecular weight is 580 g/mol. The third kappa shape index (κ3) is 5.83. The van der Waals surface area contributed by atoms with Gasteiger partial charge in [0.2, 0.25) is 5.91 Å². The van der Waals surface area contributed by atoms with Crippen LogP contribution in [0.2, 0.25) is 0 Å². The summed E-state index contributed by atoms with van der Waals surface area (Å²) in [6, 6.07) is 25.9. The highest BCUT2D eigenvalue weighted by molar-refractivity contribution is 5.99. The Morgan fingerprint density at radius 2 is 1.70 bits per heavy atom. The van der Waals surface area contributed by atoms with E-state index in [2.05, 4.69) is 50.7 Å². The van der Waals surface area contributed by atoms with Gasteiger partial charge in [0.1, 0.15) is 12.1 Å². The quantitative estimate of drug-likeness (QED) is 0.334. The summed E-state index contributed by atoms with van der Waals surface area (Å²) in [6.45, 7) is 3.42. The number of piperidine rings is 1. The van der Waals surface area contributed by atoms with E-state index in [-0.39, 0.29) is 18.4 Å². The van der Waals surface area contributed by atoms with Gasteiger partial charge in [0, 0.05) is 36.3 Å². The maximum absolute atomic E-state index is 13.4. The van der Waals surface area contributed by atoms with Gasteiger partial charge < -0.3 is 25.8 Å². The number of likely N-dealkylation sites (tertiary alicyclic amines) is 1. The number of amides is 3. The Bertz CT molecular complexity index is 1580. The summed E-state index contributed by atoms with van der Waals surface area (Å²) in [7, 11) is 0. The second-order valence-electron chi connectivity index (χ2n) is 11.5. The second kappa shape index (κ2) is 12.3. The van der Waals surface area contributed by atoms with Crippen LogP contribution in [-0.2, 0) is 9.59 Å². The number of nitrogens with zero attached hydrogens (tertiary/aromatic N) is 4. The third-order valence-corrected chi connectivity index (χ3v) is 8.82. The van der Waals surface area contributed by atoms with Crippen molar-refractivity contribution in [2.75, 3.05) is 44.3 Å². The molecule has 3 aromatic carbocycles. The van der Waals surface area contributed by atoms with Crippen LogP contribution in [0.4, 0.5) is 5.69 Å². The van der Waals surface area contributed by atoms with Gasteiger partial charge >= 0.3 is 0 Å². The Balaban J connectivity index is 0.000000250. The van der Waals surface area contributed by atoms with Crippen molar-refractivity contribution in [1.82, 2.24) is 25.3 Å². The highest BCUT2D eigenvalue weighted by Gasteiger charge is 2.54. The van der Waals surface area contributed by atoms with Crippen LogP contribution in [-0.4, -0.2) is 82.7 Å². The molecular formula is C33H37N7O3. The van der Waals surface area contributed by atoms with E-state index in [1.165, 1.54) is 23.4 Å². The summed E-state index contributed by atoms with van der Waals surface area (Å²) in [5.41, 5.74) is 8.47. The first-order chi connectivity index (χ1) is 20.9. The number of aromatic amines is 1. The first kappa shape index (κ1) is 28.4. The van der Waals surface area contributed by atoms with Gasteiger partial charge in [-0.15, -0.1) is 0 Å². The Morgan fingerprint density at radius 3 is 2.37 bits per heavy atom. The minimum atomic E-state index is -0.790. The topological polar surface area (TPSA) is 128 Å². The molecule has 0 aliphatic carbocycles. The normalized spacial score (nSPS) is 19.5. The predicted octanol–water partition coefficient (Wildman–Crippen LogP) is 3.09. The fraction of sp³-hybridized carbons (Fsp3) is 0.333. The molecule has 43 heavy (non-hydrogen) atoms. The smallest absolute Gasteiger partial charge is 0.253 e. The highest BCUT2D eigenvalue weighted by Crippen LogP contribution is 2.39. The average Bonchev–Trinajstić information content (AvgIpc) is 3.80. The van der Waals surface area contributed by atoms with Crippen LogP contribution in [0.15, 0.2) is 85.1 Å². The number of carbonyl (C=O) groups excluding carboxylic acids is 3. The van der Waals surface area contributed by atoms with Crippen molar-refractivity contribution in [2.45, 2.75) is 30.7 Å². The molecule has 10 nitrogen and oxygen atoms in total. The van der Waals surface area contributed by atoms with E-state index in [4.69, 9.17) is 5.73 Å². The van der Waals surface area contributed by atoms with Crippen LogP contribution in [0, 0.1) is 0 Å². The van der Waals surface area contributed by atoms with Crippen molar-refractivity contribution in [2.24, 2.45) is 5.73 Å². The molecule has 3 amide bonds. The van der Waals surface area contributed by atoms with E-state index < -0.39 is 11.4 Å². The van der Waals surface area contributed by atoms with Gasteiger partial charge in [0.05, 0.1) is 18.4 Å². The van der Waals surface area contributed by atoms with E-state index in [1.54, 1.807) is 17.2 Å². The standard InChI is InChI=1S/C23H24N6O3.C10H13N/c24-20(30)14-28-15-29(18-4-2-1-3-5-18)23(22(28)32)8-10-27(11-9-23)21(31)16-6-7-19-17(12-16)13-25-26-19;1-2-4-9(5-3-1)10-6-7-11-8-10/h1-7,12-13H,8-11,14-15H2,(H2,24,30)(H,25,26);1-5,10-11H,6-8H2. The van der Waals surface area contributed by atoms with Gasteiger partial charge in [-0.05, 0) is 67.6 Å². The number of benzene rings is 3. The Hall–Kier alpha value is -4.70. The summed E-state index contributed by atoms with van der Waals surface area (Å²) >= 11 is 0. The molecule has 4 N–H and O–H groups in total. The molecule has 3 saturated heterocycles. The molecule has 1 aromatic heterocycles. The molecule has 222 valence electrons. The molecule has 3 aliphatic heterocycles. The van der Waals surface area contributed by atoms with Gasteiger partial charge in [0.15, 0.2) is 0 Å². The molecule has 1 unspecified atom stereocenters. The van der Waals surface area contributed by atoms with Crippen molar-refractivity contribution in [3.05, 3.63) is 96.2 Å². The largest absolute Gasteiger partial charge is 0.368 e. The zero-order valence-electron chi connectivity index (χ0n) is 24.1. The highest BCUT2D eigenvalue weighted by atomic mass is 16.2. The van der Waals surface area contributed by atoms with E-state index in [1.807, 2.05) is 42.5 Å². The number of hydrogen-bond acceptors (Lipinski definition) is 6. The predicted molar refractivity (Wildman–Crippen MR) is 165 cm³/mol. The van der Waals surface area contributed by atoms with Crippen molar-refractivity contribution < 1.29 is 14.4 Å². The molecule has 3 fully saturated rings. The molecule has 3 aliphatic rings. The number of carbonyl (C=O) groups is 3. The zero-order chi connectivity index (χ0) is 29.8. The molecule has 0 bridgehead atoms. The number of fused-ring (bicyclic) bond motifs is 1. The number of anilines is 1. The van der Waals surface area contributed by atoms with E-state index in [0.29, 0.717) is 38.2 Å². The number of rotatable bonds is 5. The summed E-state index contributed by atoms with van der Waals surface area (Å²) in [5.74, 6) is 0.0579. The van der Waals surface area contributed by atoms with Crippen molar-refractivity contribution in [1.29, 1.82) is 0 Å². The maximum atomic E-state index is 13.4. The van der Waals surface area contributed by atoms with Crippen LogP contribution in [0.1, 0.15) is 41.1 Å². The fourth-order valence-electron chi connectivity index (χ4n) is 6.51. The van der Waals surface area contributed by atoms with E-state index in [0.717, 1.165) is 29.1 Å². The first-order valence-corrected chi connectivity index (χ1v) is 14.8. The van der Waals surface area contributed by atoms with Crippen LogP contribution in [0.25, 0.3) is 10.9 Å². The van der Waals surface area contributed by atoms with Gasteiger partial charge in [0.25, 0.3) is 11.8 Å². The Labute approximate surface area is 250 Å². The first-order valence-electron chi connectivity index (χ1n) is 14.8. The summed E-state index contributed by atoms with van der Waals surface area (Å²) in [6.07, 6.45) is 3.95. The van der Waals surface area contributed by atoms with E-state index >= 15 is 0 Å². The lowest BCUT2D eigenvalue weighted by molar-refractivity contribution is -0.136. The SMILES string of the molecule is NC(=O)CN1CN(c2ccccc2)C2(CCN(C(=O)c3ccc4[nH]ncc4c3)CC2)C1=O.c1ccc(C2CCNC2)cc1. The molecule has 7 rings (SSSR count). The van der Waals surface area contributed by atoms with Crippen LogP contribution >= 0.6 is 0 Å². The molecule has 4 heterocycles. The van der Waals surface area contributed by atoms with Crippen LogP contribution in [0.3, 0.4) is 0 Å². The molecule has 1 atom stereocenters. The number of primary amides is 1. The molecule has 4 aromatic rings. The second-order valence-corrected chi connectivity index (χ2v) is 11.5. The molecule has 10 heteroatoms. The number of para-hydroxylation sites is 1. The summed E-state index contributed by atoms with van der Waals surface area (Å²) in [4.78, 5) is 43.5. The Morgan fingerprint density at radius 1 is 0.977 bits per heavy atom. The molecule has 0 radical (unpaired) electrons. The third-order valence-electron chi connectivity index (χ3n) is 8.82. The lowest BCUT2D eigenvalue weighted by Gasteiger charge is -2.43. The van der Waals surface area contributed by atoms with Crippen molar-refractivity contribution in [3.63, 3.8) is 0 Å². The van der Waals surface area contributed by atoms with E-state index in [9.17, 15) is 14.4 Å². The zero-order valence-corrected chi connectivity index (χ0v) is 24.1. The summed E-state index contributed by atoms with van der Waals surface area (Å²) in [5, 5.41) is 11.1. The number of hydrogen-bond donors (Lipinski definition) is 3. The summed E-state index contributed by atoms with van der Waals surface area (Å²) < 4.78 is 0. The molecular weight excluding hydrogens is 542 g/mol. The lowest BCUT2D eigenvalue weighted by Crippen LogP contribution is -2.57. The van der Waals surface area contributed by atoms with Crippen LogP contribution in [0.5, 0.6) is 0 Å². The van der Waals surface area contributed by atoms with Gasteiger partial charge in [-0.2, -0.15) is 5.10 Å². The number of nitrogens with one attached hydrogen (secondary N) is 2. The Kier molecular flexibility index (Phi) is 8.11.